The molecule has 2 aromatic carbocycles. The molecule has 0 aliphatic carbocycles. The van der Waals surface area contributed by atoms with E-state index in [1.165, 1.54) is 0 Å². The molecule has 2 aliphatic rings. The minimum absolute atomic E-state index is 0.0439. The van der Waals surface area contributed by atoms with E-state index in [1.54, 1.807) is 0 Å². The zero-order valence-corrected chi connectivity index (χ0v) is 18.4. The van der Waals surface area contributed by atoms with Gasteiger partial charge in [0.15, 0.2) is 9.84 Å². The summed E-state index contributed by atoms with van der Waals surface area (Å²) in [5.41, 5.74) is 3.90. The molecule has 0 saturated carbocycles. The van der Waals surface area contributed by atoms with Crippen LogP contribution in [-0.4, -0.2) is 62.7 Å². The van der Waals surface area contributed by atoms with Crippen LogP contribution in [0.3, 0.4) is 0 Å². The first-order chi connectivity index (χ1) is 14.4. The first kappa shape index (κ1) is 20.8. The molecule has 1 saturated heterocycles. The van der Waals surface area contributed by atoms with E-state index in [0.717, 1.165) is 41.9 Å². The third-order valence-electron chi connectivity index (χ3n) is 5.70. The number of rotatable bonds is 6. The van der Waals surface area contributed by atoms with Gasteiger partial charge in [0.1, 0.15) is 0 Å². The van der Waals surface area contributed by atoms with Gasteiger partial charge in [-0.2, -0.15) is 5.10 Å². The van der Waals surface area contributed by atoms with E-state index in [-0.39, 0.29) is 23.5 Å². The van der Waals surface area contributed by atoms with E-state index in [9.17, 15) is 8.42 Å². The quantitative estimate of drug-likeness (QED) is 0.714. The van der Waals surface area contributed by atoms with Crippen molar-refractivity contribution in [3.8, 4) is 0 Å². The second kappa shape index (κ2) is 8.74. The summed E-state index contributed by atoms with van der Waals surface area (Å²) in [6.07, 6.45) is 2.97. The summed E-state index contributed by atoms with van der Waals surface area (Å²) < 4.78 is 25.7. The summed E-state index contributed by atoms with van der Waals surface area (Å²) in [5.74, 6) is 0.0758. The second-order valence-electron chi connectivity index (χ2n) is 8.40. The number of benzene rings is 2. The van der Waals surface area contributed by atoms with Gasteiger partial charge >= 0.3 is 0 Å². The van der Waals surface area contributed by atoms with Crippen LogP contribution in [0.15, 0.2) is 71.3 Å². The molecule has 0 bridgehead atoms. The average molecular weight is 424 g/mol. The van der Waals surface area contributed by atoms with E-state index >= 15 is 0 Å². The molecule has 2 aliphatic heterocycles. The molecule has 0 spiro atoms. The highest BCUT2D eigenvalue weighted by atomic mass is 32.2. The zero-order valence-electron chi connectivity index (χ0n) is 17.6. The fourth-order valence-corrected chi connectivity index (χ4v) is 6.12. The Morgan fingerprint density at radius 2 is 1.73 bits per heavy atom. The molecule has 2 heterocycles. The lowest BCUT2D eigenvalue weighted by Gasteiger charge is -2.30. The third kappa shape index (κ3) is 4.65. The molecule has 2 atom stereocenters. The summed E-state index contributed by atoms with van der Waals surface area (Å²) in [5, 5.41) is 7.13. The molecule has 1 fully saturated rings. The van der Waals surface area contributed by atoms with E-state index in [1.807, 2.05) is 54.6 Å². The maximum Gasteiger partial charge on any atom is 0.155 e. The highest BCUT2D eigenvalue weighted by molar-refractivity contribution is 7.91. The van der Waals surface area contributed by atoms with Gasteiger partial charge in [0, 0.05) is 12.5 Å². The number of sulfone groups is 1. The van der Waals surface area contributed by atoms with Crippen molar-refractivity contribution in [1.29, 1.82) is 0 Å². The fourth-order valence-electron chi connectivity index (χ4n) is 4.41. The highest BCUT2D eigenvalue weighted by Gasteiger charge is 2.45. The molecule has 6 heteroatoms. The Morgan fingerprint density at radius 3 is 2.40 bits per heavy atom. The summed E-state index contributed by atoms with van der Waals surface area (Å²) >= 11 is 0. The molecule has 0 radical (unpaired) electrons. The maximum atomic E-state index is 12.9. The number of nitrogens with zero attached hydrogens (tertiary/aromatic N) is 3. The molecule has 5 nitrogen and oxygen atoms in total. The molecule has 0 amide bonds. The Labute approximate surface area is 179 Å². The van der Waals surface area contributed by atoms with Crippen LogP contribution in [0.4, 0.5) is 0 Å². The minimum atomic E-state index is -3.19. The molecule has 158 valence electrons. The van der Waals surface area contributed by atoms with Crippen molar-refractivity contribution < 1.29 is 8.42 Å². The smallest absolute Gasteiger partial charge is 0.155 e. The van der Waals surface area contributed by atoms with Crippen molar-refractivity contribution in [2.75, 3.05) is 38.7 Å². The Balaban J connectivity index is 1.72. The van der Waals surface area contributed by atoms with Gasteiger partial charge in [-0.25, -0.2) is 8.42 Å². The normalized spacial score (nSPS) is 24.2. The monoisotopic (exact) mass is 423 g/mol. The van der Waals surface area contributed by atoms with Crippen LogP contribution in [0.2, 0.25) is 0 Å². The van der Waals surface area contributed by atoms with Gasteiger partial charge in [-0.3, -0.25) is 5.01 Å². The Morgan fingerprint density at radius 1 is 1.07 bits per heavy atom. The van der Waals surface area contributed by atoms with Crippen molar-refractivity contribution in [3.63, 3.8) is 0 Å². The van der Waals surface area contributed by atoms with E-state index in [4.69, 9.17) is 5.10 Å². The molecule has 2 unspecified atom stereocenters. The van der Waals surface area contributed by atoms with Crippen LogP contribution in [-0.2, 0) is 9.84 Å². The highest BCUT2D eigenvalue weighted by Crippen LogP contribution is 2.41. The standard InChI is InChI=1S/C24H29N3O2S/c1-26(2)14-9-15-27-24(20-12-7-4-8-13-20)22-18-30(28,29)17-21(23(22)25-27)16-19-10-5-3-6-11-19/h3-8,10-13,16,22,24H,9,14-15,17-18H2,1-2H3/b21-16+. The van der Waals surface area contributed by atoms with E-state index in [0.29, 0.717) is 0 Å². The molecule has 0 aromatic heterocycles. The van der Waals surface area contributed by atoms with Gasteiger partial charge in [-0.15, -0.1) is 0 Å². The van der Waals surface area contributed by atoms with Gasteiger partial charge in [0.05, 0.1) is 23.3 Å². The number of fused-ring (bicyclic) bond motifs is 1. The van der Waals surface area contributed by atoms with Gasteiger partial charge < -0.3 is 4.90 Å². The maximum absolute atomic E-state index is 12.9. The van der Waals surface area contributed by atoms with Gasteiger partial charge in [0.2, 0.25) is 0 Å². The lowest BCUT2D eigenvalue weighted by molar-refractivity contribution is 0.198. The average Bonchev–Trinajstić information content (AvgIpc) is 3.06. The molecule has 4 rings (SSSR count). The first-order valence-electron chi connectivity index (χ1n) is 10.4. The largest absolute Gasteiger partial charge is 0.309 e. The summed E-state index contributed by atoms with van der Waals surface area (Å²) in [7, 11) is 0.946. The zero-order chi connectivity index (χ0) is 21.1. The van der Waals surface area contributed by atoms with Crippen molar-refractivity contribution in [2.45, 2.75) is 12.5 Å². The van der Waals surface area contributed by atoms with Crippen LogP contribution in [0.1, 0.15) is 23.6 Å². The topological polar surface area (TPSA) is 53.0 Å². The molecular weight excluding hydrogens is 394 g/mol. The molecule has 2 aromatic rings. The van der Waals surface area contributed by atoms with Crippen LogP contribution < -0.4 is 0 Å². The summed E-state index contributed by atoms with van der Waals surface area (Å²) in [6, 6.07) is 20.1. The van der Waals surface area contributed by atoms with Gasteiger partial charge in [-0.05, 0) is 49.8 Å². The lowest BCUT2D eigenvalue weighted by atomic mass is 9.87. The second-order valence-corrected chi connectivity index (χ2v) is 10.5. The van der Waals surface area contributed by atoms with Gasteiger partial charge in [0.25, 0.3) is 0 Å². The van der Waals surface area contributed by atoms with E-state index in [2.05, 4.69) is 36.1 Å². The van der Waals surface area contributed by atoms with Crippen LogP contribution in [0.5, 0.6) is 0 Å². The van der Waals surface area contributed by atoms with Crippen LogP contribution in [0, 0.1) is 5.92 Å². The predicted octanol–water partition coefficient (Wildman–Crippen LogP) is 3.48. The molecule has 30 heavy (non-hydrogen) atoms. The Kier molecular flexibility index (Phi) is 6.06. The van der Waals surface area contributed by atoms with Crippen molar-refractivity contribution >= 4 is 21.6 Å². The van der Waals surface area contributed by atoms with Crippen molar-refractivity contribution in [2.24, 2.45) is 11.0 Å². The SMILES string of the molecule is CN(C)CCCN1N=C2/C(=C/c3ccccc3)CS(=O)(=O)CC2C1c1ccccc1. The lowest BCUT2D eigenvalue weighted by Crippen LogP contribution is -2.37. The molecular formula is C24H29N3O2S. The predicted molar refractivity (Wildman–Crippen MR) is 123 cm³/mol. The number of hydrogen-bond acceptors (Lipinski definition) is 5. The summed E-state index contributed by atoms with van der Waals surface area (Å²) in [6.45, 7) is 1.77. The van der Waals surface area contributed by atoms with Gasteiger partial charge in [-0.1, -0.05) is 60.7 Å². The van der Waals surface area contributed by atoms with Crippen LogP contribution in [0.25, 0.3) is 6.08 Å². The number of hydrogen-bond donors (Lipinski definition) is 0. The Bertz CT molecular complexity index is 1030. The fraction of sp³-hybridized carbons (Fsp3) is 0.375. The molecule has 0 N–H and O–H groups in total. The van der Waals surface area contributed by atoms with E-state index < -0.39 is 9.84 Å². The number of hydrazone groups is 1. The third-order valence-corrected chi connectivity index (χ3v) is 7.32. The Hall–Kier alpha value is -2.44. The van der Waals surface area contributed by atoms with Crippen molar-refractivity contribution in [3.05, 3.63) is 77.4 Å². The van der Waals surface area contributed by atoms with Crippen LogP contribution >= 0.6 is 0 Å². The van der Waals surface area contributed by atoms with Crippen molar-refractivity contribution in [1.82, 2.24) is 9.91 Å². The summed E-state index contributed by atoms with van der Waals surface area (Å²) in [4.78, 5) is 2.17. The minimum Gasteiger partial charge on any atom is -0.309 e. The first-order valence-corrected chi connectivity index (χ1v) is 12.3.